The average molecular weight is 157 g/mol. The van der Waals surface area contributed by atoms with Crippen molar-refractivity contribution in [2.24, 2.45) is 0 Å². The zero-order valence-electron chi connectivity index (χ0n) is 7.76. The first kappa shape index (κ1) is 9.01. The highest BCUT2D eigenvalue weighted by Gasteiger charge is 2.23. The second-order valence-corrected chi connectivity index (χ2v) is 3.56. The van der Waals surface area contributed by atoms with Crippen molar-refractivity contribution in [1.29, 1.82) is 0 Å². The van der Waals surface area contributed by atoms with Crippen LogP contribution in [0.3, 0.4) is 0 Å². The average Bonchev–Trinajstić information content (AvgIpc) is 2.34. The number of rotatable bonds is 3. The van der Waals surface area contributed by atoms with Crippen LogP contribution in [-0.2, 0) is 4.74 Å². The van der Waals surface area contributed by atoms with Gasteiger partial charge in [-0.05, 0) is 26.7 Å². The lowest BCUT2D eigenvalue weighted by molar-refractivity contribution is 0.0186. The van der Waals surface area contributed by atoms with Crippen LogP contribution in [-0.4, -0.2) is 24.8 Å². The topological polar surface area (TPSA) is 21.3 Å². The summed E-state index contributed by atoms with van der Waals surface area (Å²) in [6.07, 6.45) is 3.24. The van der Waals surface area contributed by atoms with Crippen LogP contribution in [0.15, 0.2) is 0 Å². The second-order valence-electron chi connectivity index (χ2n) is 3.56. The van der Waals surface area contributed by atoms with Gasteiger partial charge in [-0.3, -0.25) is 0 Å². The van der Waals surface area contributed by atoms with E-state index in [-0.39, 0.29) is 0 Å². The largest absolute Gasteiger partial charge is 0.374 e. The van der Waals surface area contributed by atoms with Gasteiger partial charge in [0.1, 0.15) is 0 Å². The quantitative estimate of drug-likeness (QED) is 0.671. The van der Waals surface area contributed by atoms with Gasteiger partial charge >= 0.3 is 0 Å². The van der Waals surface area contributed by atoms with Crippen LogP contribution in [0.4, 0.5) is 0 Å². The van der Waals surface area contributed by atoms with Crippen molar-refractivity contribution in [2.45, 2.75) is 51.9 Å². The highest BCUT2D eigenvalue weighted by molar-refractivity contribution is 4.81. The van der Waals surface area contributed by atoms with Crippen LogP contribution < -0.4 is 5.32 Å². The Balaban J connectivity index is 2.19. The SMILES string of the molecule is CC[C@@H]1C[C@H](OC(C)C)CN1. The van der Waals surface area contributed by atoms with Gasteiger partial charge in [0, 0.05) is 12.6 Å². The van der Waals surface area contributed by atoms with Gasteiger partial charge in [0.2, 0.25) is 0 Å². The van der Waals surface area contributed by atoms with E-state index in [1.54, 1.807) is 0 Å². The molecule has 2 atom stereocenters. The first-order chi connectivity index (χ1) is 5.22. The van der Waals surface area contributed by atoms with Crippen LogP contribution in [0.25, 0.3) is 0 Å². The summed E-state index contributed by atoms with van der Waals surface area (Å²) in [5.74, 6) is 0. The fourth-order valence-electron chi connectivity index (χ4n) is 1.58. The summed E-state index contributed by atoms with van der Waals surface area (Å²) >= 11 is 0. The third-order valence-electron chi connectivity index (χ3n) is 2.14. The summed E-state index contributed by atoms with van der Waals surface area (Å²) < 4.78 is 5.68. The molecular formula is C9H19NO. The molecule has 0 aromatic heterocycles. The normalized spacial score (nSPS) is 31.6. The molecule has 0 amide bonds. The highest BCUT2D eigenvalue weighted by Crippen LogP contribution is 2.13. The first-order valence-electron chi connectivity index (χ1n) is 4.61. The van der Waals surface area contributed by atoms with Crippen LogP contribution in [0.5, 0.6) is 0 Å². The molecule has 1 aliphatic heterocycles. The van der Waals surface area contributed by atoms with E-state index < -0.39 is 0 Å². The summed E-state index contributed by atoms with van der Waals surface area (Å²) in [7, 11) is 0. The fourth-order valence-corrected chi connectivity index (χ4v) is 1.58. The third kappa shape index (κ3) is 2.80. The molecule has 66 valence electrons. The summed E-state index contributed by atoms with van der Waals surface area (Å²) in [6, 6.07) is 0.693. The molecule has 1 aliphatic rings. The molecule has 1 rings (SSSR count). The van der Waals surface area contributed by atoms with Gasteiger partial charge in [-0.25, -0.2) is 0 Å². The Bertz CT molecular complexity index is 114. The molecule has 0 bridgehead atoms. The van der Waals surface area contributed by atoms with Crippen molar-refractivity contribution in [3.63, 3.8) is 0 Å². The predicted molar refractivity (Wildman–Crippen MR) is 46.7 cm³/mol. The minimum atomic E-state index is 0.373. The number of nitrogens with one attached hydrogen (secondary N) is 1. The molecule has 0 unspecified atom stereocenters. The Labute approximate surface area is 69.3 Å². The van der Waals surface area contributed by atoms with Gasteiger partial charge < -0.3 is 10.1 Å². The van der Waals surface area contributed by atoms with E-state index in [1.165, 1.54) is 12.8 Å². The molecule has 1 saturated heterocycles. The molecule has 0 aliphatic carbocycles. The zero-order chi connectivity index (χ0) is 8.27. The van der Waals surface area contributed by atoms with Crippen molar-refractivity contribution in [2.75, 3.05) is 6.54 Å². The molecular weight excluding hydrogens is 138 g/mol. The number of hydrogen-bond donors (Lipinski definition) is 1. The van der Waals surface area contributed by atoms with Crippen molar-refractivity contribution in [3.8, 4) is 0 Å². The van der Waals surface area contributed by atoms with Gasteiger partial charge in [-0.15, -0.1) is 0 Å². The summed E-state index contributed by atoms with van der Waals surface area (Å²) in [5, 5.41) is 3.44. The second kappa shape index (κ2) is 4.07. The van der Waals surface area contributed by atoms with Crippen LogP contribution in [0.2, 0.25) is 0 Å². The molecule has 1 fully saturated rings. The zero-order valence-corrected chi connectivity index (χ0v) is 7.76. The standard InChI is InChI=1S/C9H19NO/c1-4-8-5-9(6-10-8)11-7(2)3/h7-10H,4-6H2,1-3H3/t8-,9+/m1/s1. The summed E-state index contributed by atoms with van der Waals surface area (Å²) in [6.45, 7) is 7.45. The van der Waals surface area contributed by atoms with Gasteiger partial charge in [0.25, 0.3) is 0 Å². The Morgan fingerprint density at radius 3 is 2.73 bits per heavy atom. The van der Waals surface area contributed by atoms with Crippen LogP contribution in [0.1, 0.15) is 33.6 Å². The maximum absolute atomic E-state index is 5.68. The minimum Gasteiger partial charge on any atom is -0.374 e. The van der Waals surface area contributed by atoms with Gasteiger partial charge in [-0.2, -0.15) is 0 Å². The smallest absolute Gasteiger partial charge is 0.0717 e. The molecule has 2 nitrogen and oxygen atoms in total. The number of hydrogen-bond acceptors (Lipinski definition) is 2. The maximum Gasteiger partial charge on any atom is 0.0717 e. The summed E-state index contributed by atoms with van der Waals surface area (Å²) in [5.41, 5.74) is 0. The Morgan fingerprint density at radius 2 is 2.27 bits per heavy atom. The minimum absolute atomic E-state index is 0.373. The predicted octanol–water partition coefficient (Wildman–Crippen LogP) is 1.55. The van der Waals surface area contributed by atoms with Crippen molar-refractivity contribution in [1.82, 2.24) is 5.32 Å². The van der Waals surface area contributed by atoms with E-state index in [4.69, 9.17) is 4.74 Å². The van der Waals surface area contributed by atoms with Gasteiger partial charge in [-0.1, -0.05) is 6.92 Å². The van der Waals surface area contributed by atoms with E-state index in [2.05, 4.69) is 26.1 Å². The third-order valence-corrected chi connectivity index (χ3v) is 2.14. The van der Waals surface area contributed by atoms with E-state index in [0.29, 0.717) is 18.2 Å². The molecule has 11 heavy (non-hydrogen) atoms. The molecule has 0 aromatic carbocycles. The molecule has 0 spiro atoms. The Morgan fingerprint density at radius 1 is 1.55 bits per heavy atom. The van der Waals surface area contributed by atoms with Crippen LogP contribution in [0, 0.1) is 0 Å². The Kier molecular flexibility index (Phi) is 3.34. The van der Waals surface area contributed by atoms with Gasteiger partial charge in [0.15, 0.2) is 0 Å². The van der Waals surface area contributed by atoms with Crippen molar-refractivity contribution in [3.05, 3.63) is 0 Å². The molecule has 1 N–H and O–H groups in total. The Hall–Kier alpha value is -0.0800. The van der Waals surface area contributed by atoms with E-state index in [0.717, 1.165) is 6.54 Å². The summed E-state index contributed by atoms with van der Waals surface area (Å²) in [4.78, 5) is 0. The van der Waals surface area contributed by atoms with E-state index in [1.807, 2.05) is 0 Å². The van der Waals surface area contributed by atoms with Crippen molar-refractivity contribution >= 4 is 0 Å². The van der Waals surface area contributed by atoms with Gasteiger partial charge in [0.05, 0.1) is 12.2 Å². The van der Waals surface area contributed by atoms with E-state index >= 15 is 0 Å². The molecule has 0 saturated carbocycles. The maximum atomic E-state index is 5.68. The van der Waals surface area contributed by atoms with Crippen molar-refractivity contribution < 1.29 is 4.74 Å². The van der Waals surface area contributed by atoms with E-state index in [9.17, 15) is 0 Å². The lowest BCUT2D eigenvalue weighted by Gasteiger charge is -2.13. The lowest BCUT2D eigenvalue weighted by Crippen LogP contribution is -2.21. The first-order valence-corrected chi connectivity index (χ1v) is 4.61. The highest BCUT2D eigenvalue weighted by atomic mass is 16.5. The number of ether oxygens (including phenoxy) is 1. The molecule has 0 radical (unpaired) electrons. The van der Waals surface area contributed by atoms with Crippen LogP contribution >= 0.6 is 0 Å². The molecule has 2 heteroatoms. The fraction of sp³-hybridized carbons (Fsp3) is 1.00. The lowest BCUT2D eigenvalue weighted by atomic mass is 10.1. The molecule has 0 aromatic rings. The monoisotopic (exact) mass is 157 g/mol. The molecule has 1 heterocycles.